The monoisotopic (exact) mass is 252 g/mol. The molecule has 3 N–H and O–H groups in total. The van der Waals surface area contributed by atoms with Crippen LogP contribution in [-0.2, 0) is 0 Å². The number of fused-ring (bicyclic) bond motifs is 2. The highest BCUT2D eigenvalue weighted by Crippen LogP contribution is 2.33. The van der Waals surface area contributed by atoms with Gasteiger partial charge in [-0.3, -0.25) is 9.59 Å². The van der Waals surface area contributed by atoms with E-state index in [1.165, 1.54) is 0 Å². The molecule has 0 aromatic heterocycles. The summed E-state index contributed by atoms with van der Waals surface area (Å²) in [5.74, 6) is -0.656. The van der Waals surface area contributed by atoms with Gasteiger partial charge in [-0.1, -0.05) is 24.3 Å². The van der Waals surface area contributed by atoms with Gasteiger partial charge in [-0.25, -0.2) is 0 Å². The number of primary amides is 1. The first-order valence-corrected chi connectivity index (χ1v) is 5.93. The summed E-state index contributed by atoms with van der Waals surface area (Å²) in [6.45, 7) is 0. The Labute approximate surface area is 109 Å². The molecule has 2 bridgehead atoms. The van der Waals surface area contributed by atoms with Gasteiger partial charge in [-0.05, 0) is 22.9 Å². The molecule has 0 unspecified atom stereocenters. The third kappa shape index (κ3) is 1.53. The Morgan fingerprint density at radius 1 is 0.895 bits per heavy atom. The van der Waals surface area contributed by atoms with Crippen LogP contribution in [0.3, 0.4) is 0 Å². The average Bonchev–Trinajstić information content (AvgIpc) is 2.46. The summed E-state index contributed by atoms with van der Waals surface area (Å²) >= 11 is 0. The van der Waals surface area contributed by atoms with Crippen LogP contribution >= 0.6 is 0 Å². The van der Waals surface area contributed by atoms with Crippen LogP contribution in [0.2, 0.25) is 0 Å². The number of carbonyl (C=O) groups excluding carboxylic acids is 2. The third-order valence-corrected chi connectivity index (χ3v) is 3.40. The van der Waals surface area contributed by atoms with Crippen molar-refractivity contribution in [1.82, 2.24) is 5.32 Å². The molecule has 4 nitrogen and oxygen atoms in total. The first-order chi connectivity index (χ1) is 9.13. The molecule has 0 spiro atoms. The highest BCUT2D eigenvalue weighted by atomic mass is 16.2. The van der Waals surface area contributed by atoms with E-state index in [1.807, 2.05) is 24.3 Å². The smallest absolute Gasteiger partial charge is 0.251 e. The molecule has 4 aromatic rings. The van der Waals surface area contributed by atoms with Crippen LogP contribution in [0.15, 0.2) is 36.4 Å². The lowest BCUT2D eigenvalue weighted by Gasteiger charge is -2.13. The molecule has 4 rings (SSSR count). The summed E-state index contributed by atoms with van der Waals surface area (Å²) in [5, 5.41) is 5.99. The number of hydrogen-bond acceptors (Lipinski definition) is 2. The Balaban J connectivity index is 2.52. The Morgan fingerprint density at radius 3 is 1.84 bits per heavy atom. The molecule has 0 heterocycles. The van der Waals surface area contributed by atoms with E-state index in [1.54, 1.807) is 19.2 Å². The van der Waals surface area contributed by atoms with Crippen LogP contribution < -0.4 is 11.1 Å². The van der Waals surface area contributed by atoms with Gasteiger partial charge in [0.25, 0.3) is 5.91 Å². The normalized spacial score (nSPS) is 11.0. The van der Waals surface area contributed by atoms with Crippen LogP contribution in [0.4, 0.5) is 0 Å². The molecule has 4 heteroatoms. The van der Waals surface area contributed by atoms with E-state index >= 15 is 0 Å². The highest BCUT2D eigenvalue weighted by molar-refractivity contribution is 6.24. The van der Waals surface area contributed by atoms with Crippen molar-refractivity contribution in [2.75, 3.05) is 7.05 Å². The minimum absolute atomic E-state index is 0.172. The van der Waals surface area contributed by atoms with Gasteiger partial charge in [-0.15, -0.1) is 0 Å². The summed E-state index contributed by atoms with van der Waals surface area (Å²) in [4.78, 5) is 23.5. The van der Waals surface area contributed by atoms with Gasteiger partial charge in [0, 0.05) is 28.9 Å². The van der Waals surface area contributed by atoms with Gasteiger partial charge < -0.3 is 11.1 Å². The van der Waals surface area contributed by atoms with E-state index in [-0.39, 0.29) is 5.91 Å². The fraction of sp³-hybridized carbons (Fsp3) is 0.0667. The molecule has 0 aliphatic carbocycles. The molecule has 0 aliphatic rings. The van der Waals surface area contributed by atoms with Crippen molar-refractivity contribution in [2.45, 2.75) is 0 Å². The van der Waals surface area contributed by atoms with E-state index in [4.69, 9.17) is 5.73 Å². The second kappa shape index (κ2) is 3.95. The predicted octanol–water partition coefficient (Wildman–Crippen LogP) is 1.89. The Morgan fingerprint density at radius 2 is 1.37 bits per heavy atom. The summed E-state index contributed by atoms with van der Waals surface area (Å²) in [5.41, 5.74) is 6.42. The standard InChI is InChI=1S/C15H12N2O2/c1-17-15(19)11-7-6-10(14(16)18)12-8-2-4-9(5-3-8)13(11)12/h2-7H,1H3,(H2,16,18)(H,17,19). The molecule has 94 valence electrons. The largest absolute Gasteiger partial charge is 0.366 e. The zero-order valence-electron chi connectivity index (χ0n) is 10.4. The van der Waals surface area contributed by atoms with Crippen LogP contribution in [-0.4, -0.2) is 18.9 Å². The van der Waals surface area contributed by atoms with Crippen molar-refractivity contribution >= 4 is 33.4 Å². The summed E-state index contributed by atoms with van der Waals surface area (Å²) in [6.07, 6.45) is 0. The molecule has 0 radical (unpaired) electrons. The highest BCUT2D eigenvalue weighted by Gasteiger charge is 2.17. The van der Waals surface area contributed by atoms with Gasteiger partial charge in [0.15, 0.2) is 0 Å². The van der Waals surface area contributed by atoms with Crippen molar-refractivity contribution in [3.05, 3.63) is 47.5 Å². The number of nitrogens with one attached hydrogen (secondary N) is 1. The average molecular weight is 252 g/mol. The lowest BCUT2D eigenvalue weighted by molar-refractivity contribution is 0.0961. The molecule has 2 amide bonds. The quantitative estimate of drug-likeness (QED) is 0.731. The SMILES string of the molecule is CNC(=O)c1ccc(C(N)=O)c2c3ccc(cc3)c12. The minimum Gasteiger partial charge on any atom is -0.366 e. The summed E-state index contributed by atoms with van der Waals surface area (Å²) < 4.78 is 0. The van der Waals surface area contributed by atoms with Crippen molar-refractivity contribution in [3.63, 3.8) is 0 Å². The van der Waals surface area contributed by atoms with E-state index in [2.05, 4.69) is 5.32 Å². The van der Waals surface area contributed by atoms with Crippen LogP contribution in [0.25, 0.3) is 21.5 Å². The summed E-state index contributed by atoms with van der Waals surface area (Å²) in [6, 6.07) is 11.0. The first-order valence-electron chi connectivity index (χ1n) is 5.93. The zero-order chi connectivity index (χ0) is 13.6. The second-order valence-electron chi connectivity index (χ2n) is 4.43. The van der Waals surface area contributed by atoms with Crippen molar-refractivity contribution in [1.29, 1.82) is 0 Å². The molecule has 4 aromatic carbocycles. The number of carbonyl (C=O) groups is 2. The van der Waals surface area contributed by atoms with Crippen LogP contribution in [0.5, 0.6) is 0 Å². The third-order valence-electron chi connectivity index (χ3n) is 3.40. The molecule has 0 saturated carbocycles. The van der Waals surface area contributed by atoms with Gasteiger partial charge >= 0.3 is 0 Å². The number of rotatable bonds is 2. The van der Waals surface area contributed by atoms with Crippen molar-refractivity contribution < 1.29 is 9.59 Å². The fourth-order valence-electron chi connectivity index (χ4n) is 2.54. The lowest BCUT2D eigenvalue weighted by Crippen LogP contribution is -2.19. The number of benzene rings is 4. The van der Waals surface area contributed by atoms with E-state index in [0.29, 0.717) is 11.1 Å². The number of amides is 2. The Kier molecular flexibility index (Phi) is 2.38. The molecular weight excluding hydrogens is 240 g/mol. The Bertz CT molecular complexity index is 788. The van der Waals surface area contributed by atoms with Crippen molar-refractivity contribution in [3.8, 4) is 0 Å². The molecule has 0 saturated heterocycles. The maximum Gasteiger partial charge on any atom is 0.251 e. The maximum absolute atomic E-state index is 11.9. The molecule has 0 atom stereocenters. The molecule has 0 fully saturated rings. The molecule has 0 aliphatic heterocycles. The van der Waals surface area contributed by atoms with Gasteiger partial charge in [0.1, 0.15) is 0 Å². The number of nitrogens with two attached hydrogens (primary N) is 1. The molecule has 19 heavy (non-hydrogen) atoms. The zero-order valence-corrected chi connectivity index (χ0v) is 10.4. The number of hydrogen-bond donors (Lipinski definition) is 2. The molecular formula is C15H12N2O2. The fourth-order valence-corrected chi connectivity index (χ4v) is 2.54. The topological polar surface area (TPSA) is 72.2 Å². The van der Waals surface area contributed by atoms with E-state index in [9.17, 15) is 9.59 Å². The first kappa shape index (κ1) is 11.5. The van der Waals surface area contributed by atoms with E-state index < -0.39 is 5.91 Å². The van der Waals surface area contributed by atoms with Gasteiger partial charge in [0.05, 0.1) is 0 Å². The Hall–Kier alpha value is -2.62. The van der Waals surface area contributed by atoms with E-state index in [0.717, 1.165) is 21.5 Å². The van der Waals surface area contributed by atoms with Crippen molar-refractivity contribution in [2.24, 2.45) is 5.73 Å². The van der Waals surface area contributed by atoms with Crippen LogP contribution in [0.1, 0.15) is 20.7 Å². The summed E-state index contributed by atoms with van der Waals surface area (Å²) in [7, 11) is 1.58. The maximum atomic E-state index is 11.9. The minimum atomic E-state index is -0.484. The van der Waals surface area contributed by atoms with Gasteiger partial charge in [0.2, 0.25) is 5.91 Å². The van der Waals surface area contributed by atoms with Crippen LogP contribution in [0, 0.1) is 0 Å². The lowest BCUT2D eigenvalue weighted by atomic mass is 9.91. The second-order valence-corrected chi connectivity index (χ2v) is 4.43. The van der Waals surface area contributed by atoms with Gasteiger partial charge in [-0.2, -0.15) is 0 Å². The predicted molar refractivity (Wildman–Crippen MR) is 74.5 cm³/mol.